The van der Waals surface area contributed by atoms with Gasteiger partial charge in [-0.3, -0.25) is 4.98 Å². The normalized spacial score (nSPS) is 11.1. The van der Waals surface area contributed by atoms with Crippen LogP contribution in [0.5, 0.6) is 5.75 Å². The maximum atomic E-state index is 12.5. The molecule has 1 aromatic heterocycles. The predicted molar refractivity (Wildman–Crippen MR) is 48.4 cm³/mol. The molecular formula is C10H7F2NO. The van der Waals surface area contributed by atoms with Crippen molar-refractivity contribution in [2.24, 2.45) is 0 Å². The van der Waals surface area contributed by atoms with Gasteiger partial charge < -0.3 is 5.11 Å². The highest BCUT2D eigenvalue weighted by molar-refractivity contribution is 5.83. The van der Waals surface area contributed by atoms with Crippen molar-refractivity contribution in [1.82, 2.24) is 4.98 Å². The lowest BCUT2D eigenvalue weighted by Gasteiger charge is -2.04. The van der Waals surface area contributed by atoms with Gasteiger partial charge in [-0.05, 0) is 24.3 Å². The summed E-state index contributed by atoms with van der Waals surface area (Å²) in [6.45, 7) is 0. The van der Waals surface area contributed by atoms with Gasteiger partial charge in [0.2, 0.25) is 0 Å². The highest BCUT2D eigenvalue weighted by atomic mass is 19.3. The van der Waals surface area contributed by atoms with Crippen LogP contribution in [-0.2, 0) is 0 Å². The predicted octanol–water partition coefficient (Wildman–Crippen LogP) is 2.88. The third-order valence-electron chi connectivity index (χ3n) is 1.99. The minimum Gasteiger partial charge on any atom is -0.508 e. The molecule has 72 valence electrons. The number of aromatic nitrogens is 1. The standard InChI is InChI=1S/C10H7F2NO/c11-10(12)7-3-4-13-9-2-1-6(14)5-8(7)9/h1-5,10,14H. The highest BCUT2D eigenvalue weighted by Gasteiger charge is 2.11. The van der Waals surface area contributed by atoms with E-state index in [1.54, 1.807) is 0 Å². The minimum absolute atomic E-state index is 0.0348. The van der Waals surface area contributed by atoms with Crippen LogP contribution in [-0.4, -0.2) is 10.1 Å². The second kappa shape index (κ2) is 3.21. The van der Waals surface area contributed by atoms with Crippen LogP contribution in [0.2, 0.25) is 0 Å². The van der Waals surface area contributed by atoms with Crippen LogP contribution in [0.15, 0.2) is 30.5 Å². The summed E-state index contributed by atoms with van der Waals surface area (Å²) in [5.41, 5.74) is 0.353. The Morgan fingerprint density at radius 1 is 1.21 bits per heavy atom. The molecule has 0 spiro atoms. The van der Waals surface area contributed by atoms with Crippen LogP contribution >= 0.6 is 0 Å². The summed E-state index contributed by atoms with van der Waals surface area (Å²) in [6, 6.07) is 5.48. The lowest BCUT2D eigenvalue weighted by atomic mass is 10.1. The second-order valence-corrected chi connectivity index (χ2v) is 2.90. The van der Waals surface area contributed by atoms with Gasteiger partial charge >= 0.3 is 0 Å². The molecule has 0 atom stereocenters. The highest BCUT2D eigenvalue weighted by Crippen LogP contribution is 2.28. The molecule has 14 heavy (non-hydrogen) atoms. The lowest BCUT2D eigenvalue weighted by Crippen LogP contribution is -1.88. The van der Waals surface area contributed by atoms with E-state index >= 15 is 0 Å². The molecule has 1 aromatic carbocycles. The first-order chi connectivity index (χ1) is 6.68. The molecule has 2 aromatic rings. The van der Waals surface area contributed by atoms with Crippen LogP contribution in [0.4, 0.5) is 8.78 Å². The molecule has 4 heteroatoms. The Kier molecular flexibility index (Phi) is 2.04. The summed E-state index contributed by atoms with van der Waals surface area (Å²) in [5.74, 6) is -0.0348. The summed E-state index contributed by atoms with van der Waals surface area (Å²) in [7, 11) is 0. The number of hydrogen-bond donors (Lipinski definition) is 1. The maximum absolute atomic E-state index is 12.5. The fourth-order valence-corrected chi connectivity index (χ4v) is 1.35. The fraction of sp³-hybridized carbons (Fsp3) is 0.100. The van der Waals surface area contributed by atoms with Crippen molar-refractivity contribution in [3.63, 3.8) is 0 Å². The van der Waals surface area contributed by atoms with Gasteiger partial charge in [-0.1, -0.05) is 0 Å². The molecule has 1 N–H and O–H groups in total. The Morgan fingerprint density at radius 3 is 2.71 bits per heavy atom. The molecule has 0 saturated carbocycles. The summed E-state index contributed by atoms with van der Waals surface area (Å²) >= 11 is 0. The summed E-state index contributed by atoms with van der Waals surface area (Å²) < 4.78 is 25.0. The summed E-state index contributed by atoms with van der Waals surface area (Å²) in [6.07, 6.45) is -1.22. The van der Waals surface area contributed by atoms with E-state index in [9.17, 15) is 8.78 Å². The van der Waals surface area contributed by atoms with Gasteiger partial charge in [0.15, 0.2) is 0 Å². The van der Waals surface area contributed by atoms with Gasteiger partial charge in [-0.2, -0.15) is 0 Å². The number of fused-ring (bicyclic) bond motifs is 1. The lowest BCUT2D eigenvalue weighted by molar-refractivity contribution is 0.153. The quantitative estimate of drug-likeness (QED) is 0.758. The van der Waals surface area contributed by atoms with E-state index in [0.717, 1.165) is 0 Å². The molecule has 0 fully saturated rings. The molecular weight excluding hydrogens is 188 g/mol. The van der Waals surface area contributed by atoms with E-state index < -0.39 is 6.43 Å². The number of nitrogens with zero attached hydrogens (tertiary/aromatic N) is 1. The number of rotatable bonds is 1. The number of benzene rings is 1. The van der Waals surface area contributed by atoms with Gasteiger partial charge in [0, 0.05) is 17.1 Å². The van der Waals surface area contributed by atoms with Crippen molar-refractivity contribution in [3.05, 3.63) is 36.0 Å². The second-order valence-electron chi connectivity index (χ2n) is 2.90. The molecule has 0 aliphatic heterocycles. The first-order valence-corrected chi connectivity index (χ1v) is 4.04. The van der Waals surface area contributed by atoms with E-state index in [-0.39, 0.29) is 11.3 Å². The topological polar surface area (TPSA) is 33.1 Å². The van der Waals surface area contributed by atoms with Crippen molar-refractivity contribution >= 4 is 10.9 Å². The van der Waals surface area contributed by atoms with Gasteiger partial charge in [-0.15, -0.1) is 0 Å². The Morgan fingerprint density at radius 2 is 2.00 bits per heavy atom. The average molecular weight is 195 g/mol. The van der Waals surface area contributed by atoms with Crippen molar-refractivity contribution in [2.75, 3.05) is 0 Å². The van der Waals surface area contributed by atoms with E-state index in [0.29, 0.717) is 10.9 Å². The van der Waals surface area contributed by atoms with Crippen LogP contribution in [0, 0.1) is 0 Å². The van der Waals surface area contributed by atoms with E-state index in [1.807, 2.05) is 0 Å². The maximum Gasteiger partial charge on any atom is 0.264 e. The molecule has 2 rings (SSSR count). The van der Waals surface area contributed by atoms with Crippen molar-refractivity contribution in [3.8, 4) is 5.75 Å². The largest absolute Gasteiger partial charge is 0.508 e. The third-order valence-corrected chi connectivity index (χ3v) is 1.99. The molecule has 0 unspecified atom stereocenters. The SMILES string of the molecule is Oc1ccc2nccc(C(F)F)c2c1. The van der Waals surface area contributed by atoms with Crippen molar-refractivity contribution < 1.29 is 13.9 Å². The zero-order chi connectivity index (χ0) is 10.1. The monoisotopic (exact) mass is 195 g/mol. The summed E-state index contributed by atoms with van der Waals surface area (Å²) in [5, 5.41) is 9.46. The summed E-state index contributed by atoms with van der Waals surface area (Å²) in [4.78, 5) is 3.92. The number of phenols is 1. The Hall–Kier alpha value is -1.71. The average Bonchev–Trinajstić information content (AvgIpc) is 2.16. The molecule has 0 aliphatic rings. The molecule has 0 radical (unpaired) electrons. The smallest absolute Gasteiger partial charge is 0.264 e. The first kappa shape index (κ1) is 8.87. The zero-order valence-electron chi connectivity index (χ0n) is 7.11. The molecule has 2 nitrogen and oxygen atoms in total. The Bertz CT molecular complexity index is 471. The minimum atomic E-state index is -2.55. The number of pyridine rings is 1. The van der Waals surface area contributed by atoms with Crippen LogP contribution in [0.25, 0.3) is 10.9 Å². The number of alkyl halides is 2. The van der Waals surface area contributed by atoms with Crippen molar-refractivity contribution in [2.45, 2.75) is 6.43 Å². The van der Waals surface area contributed by atoms with Crippen LogP contribution in [0.3, 0.4) is 0 Å². The molecule has 0 bridgehead atoms. The molecule has 0 saturated heterocycles. The van der Waals surface area contributed by atoms with E-state index in [1.165, 1.54) is 30.5 Å². The molecule has 0 amide bonds. The van der Waals surface area contributed by atoms with Crippen LogP contribution < -0.4 is 0 Å². The Balaban J connectivity index is 2.77. The number of halogens is 2. The Labute approximate surface area is 78.8 Å². The molecule has 1 heterocycles. The third kappa shape index (κ3) is 1.39. The van der Waals surface area contributed by atoms with Gasteiger partial charge in [0.25, 0.3) is 6.43 Å². The van der Waals surface area contributed by atoms with Crippen molar-refractivity contribution in [1.29, 1.82) is 0 Å². The molecule has 0 aliphatic carbocycles. The van der Waals surface area contributed by atoms with E-state index in [2.05, 4.69) is 4.98 Å². The number of phenolic OH excluding ortho intramolecular Hbond substituents is 1. The van der Waals surface area contributed by atoms with E-state index in [4.69, 9.17) is 5.11 Å². The van der Waals surface area contributed by atoms with Gasteiger partial charge in [0.1, 0.15) is 5.75 Å². The van der Waals surface area contributed by atoms with Crippen LogP contribution in [0.1, 0.15) is 12.0 Å². The zero-order valence-corrected chi connectivity index (χ0v) is 7.11. The fourth-order valence-electron chi connectivity index (χ4n) is 1.35. The first-order valence-electron chi connectivity index (χ1n) is 4.04. The number of aromatic hydroxyl groups is 1. The van der Waals surface area contributed by atoms with Gasteiger partial charge in [0.05, 0.1) is 5.52 Å². The van der Waals surface area contributed by atoms with Gasteiger partial charge in [-0.25, -0.2) is 8.78 Å². The number of hydrogen-bond acceptors (Lipinski definition) is 2.